The standard InChI is InChI=1S/C11H12ClNO/c1-2-3-7-13-8-9-10(12)5-4-6-11(9)14/h4-6,13-14H,7-8H2,1H3. The summed E-state index contributed by atoms with van der Waals surface area (Å²) in [5.41, 5.74) is 0.715. The highest BCUT2D eigenvalue weighted by atomic mass is 35.5. The Balaban J connectivity index is 2.60. The highest BCUT2D eigenvalue weighted by Crippen LogP contribution is 2.24. The van der Waals surface area contributed by atoms with Gasteiger partial charge in [-0.2, -0.15) is 0 Å². The van der Waals surface area contributed by atoms with Crippen molar-refractivity contribution in [3.8, 4) is 17.6 Å². The van der Waals surface area contributed by atoms with Crippen molar-refractivity contribution in [1.82, 2.24) is 5.32 Å². The van der Waals surface area contributed by atoms with Crippen LogP contribution in [0.1, 0.15) is 12.5 Å². The van der Waals surface area contributed by atoms with Crippen molar-refractivity contribution in [3.63, 3.8) is 0 Å². The van der Waals surface area contributed by atoms with Crippen molar-refractivity contribution in [2.24, 2.45) is 0 Å². The van der Waals surface area contributed by atoms with Gasteiger partial charge in [0.2, 0.25) is 0 Å². The predicted octanol–water partition coefficient (Wildman–Crippen LogP) is 2.16. The quantitative estimate of drug-likeness (QED) is 0.591. The van der Waals surface area contributed by atoms with E-state index in [1.807, 2.05) is 0 Å². The number of halogens is 1. The molecule has 0 aliphatic carbocycles. The average Bonchev–Trinajstić information content (AvgIpc) is 2.16. The second kappa shape index (κ2) is 5.54. The molecule has 0 saturated heterocycles. The lowest BCUT2D eigenvalue weighted by molar-refractivity contribution is 0.465. The Hall–Kier alpha value is -1.17. The van der Waals surface area contributed by atoms with Crippen LogP contribution >= 0.6 is 11.6 Å². The Kier molecular flexibility index (Phi) is 4.31. The van der Waals surface area contributed by atoms with E-state index >= 15 is 0 Å². The Bertz CT molecular complexity index is 345. The maximum atomic E-state index is 9.49. The molecule has 0 saturated carbocycles. The smallest absolute Gasteiger partial charge is 0.121 e. The van der Waals surface area contributed by atoms with Gasteiger partial charge in [0.25, 0.3) is 0 Å². The molecule has 0 spiro atoms. The fraction of sp³-hybridized carbons (Fsp3) is 0.273. The summed E-state index contributed by atoms with van der Waals surface area (Å²) >= 11 is 5.91. The second-order valence-corrected chi connectivity index (χ2v) is 3.18. The molecule has 1 aromatic rings. The number of nitrogens with one attached hydrogen (secondary N) is 1. The molecule has 0 amide bonds. The molecule has 0 unspecified atom stereocenters. The van der Waals surface area contributed by atoms with Crippen LogP contribution in [0.3, 0.4) is 0 Å². The van der Waals surface area contributed by atoms with E-state index in [0.29, 0.717) is 23.7 Å². The number of aromatic hydroxyl groups is 1. The summed E-state index contributed by atoms with van der Waals surface area (Å²) in [6.45, 7) is 2.91. The first-order chi connectivity index (χ1) is 6.75. The number of rotatable bonds is 3. The van der Waals surface area contributed by atoms with E-state index in [1.54, 1.807) is 25.1 Å². The van der Waals surface area contributed by atoms with Crippen LogP contribution in [0.25, 0.3) is 0 Å². The molecular weight excluding hydrogens is 198 g/mol. The first kappa shape index (κ1) is 10.9. The molecule has 0 heterocycles. The lowest BCUT2D eigenvalue weighted by atomic mass is 10.2. The molecule has 1 aromatic carbocycles. The molecule has 3 heteroatoms. The SMILES string of the molecule is CC#CCNCc1c(O)cccc1Cl. The minimum Gasteiger partial charge on any atom is -0.508 e. The minimum absolute atomic E-state index is 0.217. The molecular formula is C11H12ClNO. The van der Waals surface area contributed by atoms with Crippen molar-refractivity contribution in [1.29, 1.82) is 0 Å². The van der Waals surface area contributed by atoms with Gasteiger partial charge in [-0.3, -0.25) is 0 Å². The fourth-order valence-corrected chi connectivity index (χ4v) is 1.30. The highest BCUT2D eigenvalue weighted by Gasteiger charge is 2.03. The van der Waals surface area contributed by atoms with Gasteiger partial charge in [-0.15, -0.1) is 5.92 Å². The zero-order valence-electron chi connectivity index (χ0n) is 7.97. The third-order valence-corrected chi connectivity index (χ3v) is 2.14. The average molecular weight is 210 g/mol. The molecule has 0 fully saturated rings. The van der Waals surface area contributed by atoms with E-state index in [1.165, 1.54) is 0 Å². The van der Waals surface area contributed by atoms with Crippen LogP contribution in [0.5, 0.6) is 5.75 Å². The van der Waals surface area contributed by atoms with E-state index in [2.05, 4.69) is 17.2 Å². The topological polar surface area (TPSA) is 32.3 Å². The Morgan fingerprint density at radius 2 is 2.29 bits per heavy atom. The molecule has 0 aliphatic rings. The van der Waals surface area contributed by atoms with Crippen LogP contribution in [-0.4, -0.2) is 11.7 Å². The van der Waals surface area contributed by atoms with Crippen molar-refractivity contribution in [2.75, 3.05) is 6.54 Å². The molecule has 0 aromatic heterocycles. The van der Waals surface area contributed by atoms with Gasteiger partial charge in [0.05, 0.1) is 6.54 Å². The van der Waals surface area contributed by atoms with Crippen molar-refractivity contribution < 1.29 is 5.11 Å². The van der Waals surface area contributed by atoms with Crippen LogP contribution in [0.15, 0.2) is 18.2 Å². The monoisotopic (exact) mass is 209 g/mol. The van der Waals surface area contributed by atoms with Gasteiger partial charge in [-0.05, 0) is 19.1 Å². The number of benzene rings is 1. The molecule has 14 heavy (non-hydrogen) atoms. The number of phenols is 1. The van der Waals surface area contributed by atoms with Crippen LogP contribution in [-0.2, 0) is 6.54 Å². The van der Waals surface area contributed by atoms with Gasteiger partial charge in [-0.25, -0.2) is 0 Å². The van der Waals surface area contributed by atoms with Crippen molar-refractivity contribution in [2.45, 2.75) is 13.5 Å². The lowest BCUT2D eigenvalue weighted by Gasteiger charge is -2.06. The Morgan fingerprint density at radius 3 is 2.93 bits per heavy atom. The zero-order valence-corrected chi connectivity index (χ0v) is 8.73. The molecule has 0 atom stereocenters. The number of hydrogen-bond donors (Lipinski definition) is 2. The largest absolute Gasteiger partial charge is 0.508 e. The third kappa shape index (κ3) is 2.95. The van der Waals surface area contributed by atoms with E-state index in [4.69, 9.17) is 11.6 Å². The summed E-state index contributed by atoms with van der Waals surface area (Å²) < 4.78 is 0. The van der Waals surface area contributed by atoms with Crippen molar-refractivity contribution in [3.05, 3.63) is 28.8 Å². The van der Waals surface area contributed by atoms with Crippen molar-refractivity contribution >= 4 is 11.6 Å². The van der Waals surface area contributed by atoms with Gasteiger partial charge in [0, 0.05) is 17.1 Å². The van der Waals surface area contributed by atoms with E-state index < -0.39 is 0 Å². The Labute approximate surface area is 88.9 Å². The van der Waals surface area contributed by atoms with Gasteiger partial charge in [0.1, 0.15) is 5.75 Å². The Morgan fingerprint density at radius 1 is 1.50 bits per heavy atom. The maximum Gasteiger partial charge on any atom is 0.121 e. The van der Waals surface area contributed by atoms with Crippen LogP contribution < -0.4 is 5.32 Å². The number of phenolic OH excluding ortho intramolecular Hbond substituents is 1. The van der Waals surface area contributed by atoms with E-state index in [9.17, 15) is 5.11 Å². The van der Waals surface area contributed by atoms with Crippen LogP contribution in [0.2, 0.25) is 5.02 Å². The van der Waals surface area contributed by atoms with Crippen LogP contribution in [0.4, 0.5) is 0 Å². The summed E-state index contributed by atoms with van der Waals surface area (Å²) in [6, 6.07) is 5.09. The van der Waals surface area contributed by atoms with E-state index in [0.717, 1.165) is 0 Å². The maximum absolute atomic E-state index is 9.49. The lowest BCUT2D eigenvalue weighted by Crippen LogP contribution is -2.13. The molecule has 0 bridgehead atoms. The molecule has 0 radical (unpaired) electrons. The third-order valence-electron chi connectivity index (χ3n) is 1.79. The molecule has 1 rings (SSSR count). The number of hydrogen-bond acceptors (Lipinski definition) is 2. The predicted molar refractivity (Wildman–Crippen MR) is 58.3 cm³/mol. The van der Waals surface area contributed by atoms with Crippen LogP contribution in [0, 0.1) is 11.8 Å². The molecule has 74 valence electrons. The summed E-state index contributed by atoms with van der Waals surface area (Å²) in [5.74, 6) is 5.86. The van der Waals surface area contributed by atoms with Gasteiger partial charge in [0.15, 0.2) is 0 Å². The van der Waals surface area contributed by atoms with Gasteiger partial charge in [-0.1, -0.05) is 23.6 Å². The first-order valence-corrected chi connectivity index (χ1v) is 4.70. The van der Waals surface area contributed by atoms with E-state index in [-0.39, 0.29) is 5.75 Å². The fourth-order valence-electron chi connectivity index (χ4n) is 1.06. The normalized spacial score (nSPS) is 9.29. The highest BCUT2D eigenvalue weighted by molar-refractivity contribution is 6.31. The molecule has 0 aliphatic heterocycles. The summed E-state index contributed by atoms with van der Waals surface area (Å²) in [7, 11) is 0. The van der Waals surface area contributed by atoms with Gasteiger partial charge >= 0.3 is 0 Å². The zero-order chi connectivity index (χ0) is 10.4. The molecule has 2 nitrogen and oxygen atoms in total. The minimum atomic E-state index is 0.217. The second-order valence-electron chi connectivity index (χ2n) is 2.77. The summed E-state index contributed by atoms with van der Waals surface area (Å²) in [6.07, 6.45) is 0. The molecule has 2 N–H and O–H groups in total. The summed E-state index contributed by atoms with van der Waals surface area (Å²) in [4.78, 5) is 0. The first-order valence-electron chi connectivity index (χ1n) is 4.32. The summed E-state index contributed by atoms with van der Waals surface area (Å²) in [5, 5.41) is 13.1. The van der Waals surface area contributed by atoms with Gasteiger partial charge < -0.3 is 10.4 Å².